The first-order valence-electron chi connectivity index (χ1n) is 13.4. The highest BCUT2D eigenvalue weighted by molar-refractivity contribution is 7.89. The van der Waals surface area contributed by atoms with Crippen molar-refractivity contribution in [3.05, 3.63) is 23.3 Å². The first kappa shape index (κ1) is 29.8. The third-order valence-electron chi connectivity index (χ3n) is 7.98. The van der Waals surface area contributed by atoms with Crippen LogP contribution in [0.2, 0.25) is 0 Å². The van der Waals surface area contributed by atoms with Crippen LogP contribution in [0.3, 0.4) is 0 Å². The second-order valence-corrected chi connectivity index (χ2v) is 12.7. The van der Waals surface area contributed by atoms with Gasteiger partial charge in [0.15, 0.2) is 0 Å². The Hall–Kier alpha value is -1.72. The van der Waals surface area contributed by atoms with Gasteiger partial charge in [-0.25, -0.2) is 8.42 Å². The molecule has 3 rings (SSSR count). The Morgan fingerprint density at radius 3 is 2.19 bits per heavy atom. The Morgan fingerprint density at radius 1 is 1.03 bits per heavy atom. The fourth-order valence-electron chi connectivity index (χ4n) is 5.48. The second-order valence-electron chi connectivity index (χ2n) is 10.8. The molecule has 0 atom stereocenters. The molecule has 1 aromatic carbocycles. The normalized spacial score (nSPS) is 21.8. The van der Waals surface area contributed by atoms with Crippen LogP contribution in [-0.2, 0) is 19.6 Å². The van der Waals surface area contributed by atoms with Crippen LogP contribution in [-0.4, -0.2) is 120 Å². The Bertz CT molecular complexity index is 979. The van der Waals surface area contributed by atoms with Crippen molar-refractivity contribution in [1.29, 1.82) is 0 Å². The lowest BCUT2D eigenvalue weighted by molar-refractivity contribution is -0.137. The van der Waals surface area contributed by atoms with Crippen molar-refractivity contribution in [2.24, 2.45) is 5.92 Å². The Kier molecular flexibility index (Phi) is 10.8. The van der Waals surface area contributed by atoms with Gasteiger partial charge in [-0.1, -0.05) is 0 Å². The van der Waals surface area contributed by atoms with Gasteiger partial charge < -0.3 is 24.2 Å². The molecular weight excluding hydrogens is 492 g/mol. The lowest BCUT2D eigenvalue weighted by Gasteiger charge is -2.38. The number of carbonyl (C=O) groups is 1. The highest BCUT2D eigenvalue weighted by Crippen LogP contribution is 2.29. The summed E-state index contributed by atoms with van der Waals surface area (Å²) in [4.78, 5) is 19.8. The van der Waals surface area contributed by atoms with E-state index in [1.807, 2.05) is 11.9 Å². The Morgan fingerprint density at radius 2 is 1.62 bits per heavy atom. The van der Waals surface area contributed by atoms with Crippen molar-refractivity contribution in [2.75, 3.05) is 80.7 Å². The number of piperazine rings is 1. The maximum Gasteiger partial charge on any atom is 0.248 e. The minimum atomic E-state index is -3.68. The lowest BCUT2D eigenvalue weighted by atomic mass is 9.85. The molecule has 210 valence electrons. The van der Waals surface area contributed by atoms with Crippen molar-refractivity contribution in [1.82, 2.24) is 19.0 Å². The van der Waals surface area contributed by atoms with Gasteiger partial charge in [-0.15, -0.1) is 0 Å². The fourth-order valence-corrected chi connectivity index (χ4v) is 7.04. The quantitative estimate of drug-likeness (QED) is 0.400. The van der Waals surface area contributed by atoms with Crippen LogP contribution in [0.1, 0.15) is 36.8 Å². The summed E-state index contributed by atoms with van der Waals surface area (Å²) in [6.45, 7) is 9.60. The largest absolute Gasteiger partial charge is 0.497 e. The molecule has 37 heavy (non-hydrogen) atoms. The molecule has 0 N–H and O–H groups in total. The summed E-state index contributed by atoms with van der Waals surface area (Å²) in [6.07, 6.45) is 4.37. The molecule has 0 aromatic heterocycles. The van der Waals surface area contributed by atoms with Gasteiger partial charge in [-0.2, -0.15) is 4.31 Å². The van der Waals surface area contributed by atoms with Crippen LogP contribution >= 0.6 is 0 Å². The molecule has 1 aromatic rings. The van der Waals surface area contributed by atoms with Crippen LogP contribution in [0.25, 0.3) is 0 Å². The molecule has 1 aliphatic heterocycles. The maximum absolute atomic E-state index is 13.1. The van der Waals surface area contributed by atoms with Crippen LogP contribution in [0.5, 0.6) is 5.75 Å². The summed E-state index contributed by atoms with van der Waals surface area (Å²) in [5.41, 5.74) is 1.28. The van der Waals surface area contributed by atoms with E-state index in [1.54, 1.807) is 33.1 Å². The molecule has 1 saturated carbocycles. The Balaban J connectivity index is 1.39. The number of ether oxygens (including phenoxy) is 2. The van der Waals surface area contributed by atoms with Gasteiger partial charge in [-0.3, -0.25) is 4.79 Å². The number of nitrogens with zero attached hydrogens (tertiary/aromatic N) is 4. The zero-order valence-electron chi connectivity index (χ0n) is 23.5. The number of hydrogen-bond donors (Lipinski definition) is 0. The van der Waals surface area contributed by atoms with E-state index in [2.05, 4.69) is 16.8 Å². The second kappa shape index (κ2) is 13.4. The predicted octanol–water partition coefficient (Wildman–Crippen LogP) is 2.21. The molecule has 10 heteroatoms. The third kappa shape index (κ3) is 7.89. The van der Waals surface area contributed by atoms with E-state index in [0.29, 0.717) is 16.9 Å². The number of aryl methyl sites for hydroxylation is 2. The molecule has 0 unspecified atom stereocenters. The summed E-state index contributed by atoms with van der Waals surface area (Å²) < 4.78 is 38.4. The van der Waals surface area contributed by atoms with Gasteiger partial charge in [0.25, 0.3) is 0 Å². The van der Waals surface area contributed by atoms with Gasteiger partial charge in [0.2, 0.25) is 15.9 Å². The summed E-state index contributed by atoms with van der Waals surface area (Å²) in [5.74, 6) is 1.30. The van der Waals surface area contributed by atoms with Gasteiger partial charge >= 0.3 is 0 Å². The van der Waals surface area contributed by atoms with E-state index in [9.17, 15) is 13.2 Å². The lowest BCUT2D eigenvalue weighted by Crippen LogP contribution is -2.47. The van der Waals surface area contributed by atoms with Crippen molar-refractivity contribution in [3.63, 3.8) is 0 Å². The number of amides is 1. The van der Waals surface area contributed by atoms with E-state index in [1.165, 1.54) is 17.9 Å². The number of benzene rings is 1. The van der Waals surface area contributed by atoms with Crippen LogP contribution in [0.15, 0.2) is 17.0 Å². The molecule has 2 aliphatic rings. The number of hydrogen-bond acceptors (Lipinski definition) is 7. The average Bonchev–Trinajstić information content (AvgIpc) is 2.87. The molecule has 0 radical (unpaired) electrons. The number of carbonyl (C=O) groups excluding carboxylic acids is 1. The molecule has 1 saturated heterocycles. The minimum absolute atomic E-state index is 0.0355. The molecular formula is C27H46N4O5S. The molecule has 9 nitrogen and oxygen atoms in total. The summed E-state index contributed by atoms with van der Waals surface area (Å²) >= 11 is 0. The average molecular weight is 539 g/mol. The highest BCUT2D eigenvalue weighted by Gasteiger charge is 2.29. The standard InChI is InChI=1S/C27H46N4O5S/c1-21-17-25(35-6)18-22(2)27(21)37(33,34)29(4)15-16-36-20-26(32)30(5)24-9-7-23(8-10-24)19-31-13-11-28(3)12-14-31/h17-18,23-24H,7-16,19-20H2,1-6H3. The van der Waals surface area contributed by atoms with Gasteiger partial charge in [0.05, 0.1) is 18.6 Å². The van der Waals surface area contributed by atoms with Gasteiger partial charge in [0.1, 0.15) is 12.4 Å². The van der Waals surface area contributed by atoms with E-state index in [4.69, 9.17) is 9.47 Å². The van der Waals surface area contributed by atoms with Crippen molar-refractivity contribution in [2.45, 2.75) is 50.5 Å². The van der Waals surface area contributed by atoms with E-state index < -0.39 is 10.0 Å². The molecule has 0 spiro atoms. The first-order valence-corrected chi connectivity index (χ1v) is 14.8. The third-order valence-corrected chi connectivity index (χ3v) is 10.1. The maximum atomic E-state index is 13.1. The van der Waals surface area contributed by atoms with Crippen LogP contribution in [0, 0.1) is 19.8 Å². The summed E-state index contributed by atoms with van der Waals surface area (Å²) in [7, 11) is 3.47. The molecule has 1 amide bonds. The molecule has 0 bridgehead atoms. The fraction of sp³-hybridized carbons (Fsp3) is 0.741. The minimum Gasteiger partial charge on any atom is -0.497 e. The molecule has 2 fully saturated rings. The van der Waals surface area contributed by atoms with Crippen molar-refractivity contribution in [3.8, 4) is 5.75 Å². The molecule has 1 heterocycles. The smallest absolute Gasteiger partial charge is 0.248 e. The van der Waals surface area contributed by atoms with E-state index in [-0.39, 0.29) is 36.6 Å². The molecule has 1 aliphatic carbocycles. The number of sulfonamides is 1. The van der Waals surface area contributed by atoms with Gasteiger partial charge in [-0.05, 0) is 75.8 Å². The van der Waals surface area contributed by atoms with Crippen LogP contribution < -0.4 is 4.74 Å². The Labute approximate surface area is 223 Å². The zero-order chi connectivity index (χ0) is 27.2. The number of rotatable bonds is 11. The SMILES string of the molecule is COc1cc(C)c(S(=O)(=O)N(C)CCOCC(=O)N(C)C2CCC(CN3CCN(C)CC3)CC2)c(C)c1. The zero-order valence-corrected chi connectivity index (χ0v) is 24.3. The monoisotopic (exact) mass is 538 g/mol. The summed E-state index contributed by atoms with van der Waals surface area (Å²) in [5, 5.41) is 0. The number of likely N-dealkylation sites (N-methyl/N-ethyl adjacent to an activating group) is 3. The summed E-state index contributed by atoms with van der Waals surface area (Å²) in [6, 6.07) is 3.70. The van der Waals surface area contributed by atoms with Crippen molar-refractivity contribution < 1.29 is 22.7 Å². The van der Waals surface area contributed by atoms with Crippen molar-refractivity contribution >= 4 is 15.9 Å². The topological polar surface area (TPSA) is 82.6 Å². The highest BCUT2D eigenvalue weighted by atomic mass is 32.2. The van der Waals surface area contributed by atoms with Gasteiger partial charge in [0, 0.05) is 59.4 Å². The van der Waals surface area contributed by atoms with Crippen LogP contribution in [0.4, 0.5) is 0 Å². The number of methoxy groups -OCH3 is 1. The van der Waals surface area contributed by atoms with E-state index in [0.717, 1.165) is 57.8 Å². The van der Waals surface area contributed by atoms with E-state index >= 15 is 0 Å². The first-order chi connectivity index (χ1) is 17.5. The predicted molar refractivity (Wildman–Crippen MR) is 146 cm³/mol.